The van der Waals surface area contributed by atoms with Crippen LogP contribution in [0, 0.1) is 0 Å². The average molecular weight is 227 g/mol. The van der Waals surface area contributed by atoms with Crippen LogP contribution in [0.2, 0.25) is 0 Å². The summed E-state index contributed by atoms with van der Waals surface area (Å²) in [5, 5.41) is 10.3. The van der Waals surface area contributed by atoms with Crippen molar-refractivity contribution in [3.8, 4) is 0 Å². The average Bonchev–Trinajstić information content (AvgIpc) is 2.68. The monoisotopic (exact) mass is 227 g/mol. The van der Waals surface area contributed by atoms with Crippen molar-refractivity contribution in [3.05, 3.63) is 0 Å². The lowest BCUT2D eigenvalue weighted by atomic mass is 9.99. The van der Waals surface area contributed by atoms with Crippen molar-refractivity contribution >= 4 is 0 Å². The van der Waals surface area contributed by atoms with E-state index in [1.807, 2.05) is 0 Å². The second-order valence-electron chi connectivity index (χ2n) is 5.36. The fourth-order valence-electron chi connectivity index (χ4n) is 3.08. The zero-order chi connectivity index (χ0) is 11.4. The highest BCUT2D eigenvalue weighted by molar-refractivity contribution is 4.88. The predicted octanol–water partition coefficient (Wildman–Crippen LogP) is 1.79. The van der Waals surface area contributed by atoms with Crippen LogP contribution in [0.25, 0.3) is 0 Å². The molecular weight excluding hydrogens is 202 g/mol. The van der Waals surface area contributed by atoms with E-state index in [0.717, 1.165) is 51.9 Å². The fraction of sp³-hybridized carbons (Fsp3) is 1.00. The van der Waals surface area contributed by atoms with Gasteiger partial charge >= 0.3 is 0 Å². The van der Waals surface area contributed by atoms with Crippen LogP contribution in [-0.2, 0) is 4.74 Å². The van der Waals surface area contributed by atoms with Gasteiger partial charge in [-0.25, -0.2) is 0 Å². The molecule has 2 aliphatic rings. The van der Waals surface area contributed by atoms with Crippen LogP contribution in [0.1, 0.15) is 45.4 Å². The Morgan fingerprint density at radius 3 is 2.44 bits per heavy atom. The molecule has 2 rings (SSSR count). The van der Waals surface area contributed by atoms with Gasteiger partial charge in [-0.3, -0.25) is 0 Å². The highest BCUT2D eigenvalue weighted by Crippen LogP contribution is 2.31. The molecule has 0 aromatic rings. The Bertz CT molecular complexity index is 206. The Hall–Kier alpha value is -0.120. The number of likely N-dealkylation sites (tertiary alicyclic amines) is 1. The summed E-state index contributed by atoms with van der Waals surface area (Å²) in [4.78, 5) is 2.42. The topological polar surface area (TPSA) is 32.7 Å². The highest BCUT2D eigenvalue weighted by atomic mass is 16.5. The van der Waals surface area contributed by atoms with Gasteiger partial charge in [0.15, 0.2) is 0 Å². The zero-order valence-corrected chi connectivity index (χ0v) is 10.5. The minimum absolute atomic E-state index is 0.377. The standard InChI is InChI=1S/C13H25NO2/c1-2-16-12-5-9-14(10-6-12)11-13(15)7-3-4-8-13/h12,15H,2-11H2,1H3. The summed E-state index contributed by atoms with van der Waals surface area (Å²) in [6, 6.07) is 0. The molecule has 1 saturated heterocycles. The number of β-amino-alcohol motifs (C(OH)–C–C–N with tert-alkyl or cyclic N) is 1. The van der Waals surface area contributed by atoms with Crippen molar-refractivity contribution in [3.63, 3.8) is 0 Å². The van der Waals surface area contributed by atoms with Crippen LogP contribution in [-0.4, -0.2) is 48.0 Å². The van der Waals surface area contributed by atoms with Gasteiger partial charge in [-0.05, 0) is 32.6 Å². The summed E-state index contributed by atoms with van der Waals surface area (Å²) in [6.07, 6.45) is 7.11. The maximum absolute atomic E-state index is 10.3. The molecule has 0 unspecified atom stereocenters. The quantitative estimate of drug-likeness (QED) is 0.795. The molecule has 3 nitrogen and oxygen atoms in total. The molecular formula is C13H25NO2. The summed E-state index contributed by atoms with van der Waals surface area (Å²) < 4.78 is 5.64. The third-order valence-corrected chi connectivity index (χ3v) is 3.99. The first kappa shape index (κ1) is 12.3. The third kappa shape index (κ3) is 3.19. The Balaban J connectivity index is 1.72. The van der Waals surface area contributed by atoms with Gasteiger partial charge < -0.3 is 14.7 Å². The number of hydrogen-bond donors (Lipinski definition) is 1. The van der Waals surface area contributed by atoms with Crippen LogP contribution in [0.5, 0.6) is 0 Å². The summed E-state index contributed by atoms with van der Waals surface area (Å²) in [5.41, 5.74) is -0.377. The molecule has 1 saturated carbocycles. The molecule has 2 fully saturated rings. The Labute approximate surface area is 98.8 Å². The van der Waals surface area contributed by atoms with Crippen molar-refractivity contribution in [1.29, 1.82) is 0 Å². The molecule has 1 aliphatic carbocycles. The normalized spacial score (nSPS) is 27.4. The molecule has 3 heteroatoms. The Morgan fingerprint density at radius 2 is 1.88 bits per heavy atom. The van der Waals surface area contributed by atoms with Gasteiger partial charge in [-0.1, -0.05) is 12.8 Å². The lowest BCUT2D eigenvalue weighted by Crippen LogP contribution is -2.45. The second-order valence-corrected chi connectivity index (χ2v) is 5.36. The second kappa shape index (κ2) is 5.48. The van der Waals surface area contributed by atoms with Crippen molar-refractivity contribution in [2.75, 3.05) is 26.2 Å². The Kier molecular flexibility index (Phi) is 4.22. The van der Waals surface area contributed by atoms with E-state index in [9.17, 15) is 5.11 Å². The van der Waals surface area contributed by atoms with Crippen molar-refractivity contribution in [2.45, 2.75) is 57.2 Å². The van der Waals surface area contributed by atoms with E-state index < -0.39 is 0 Å². The minimum Gasteiger partial charge on any atom is -0.389 e. The van der Waals surface area contributed by atoms with E-state index >= 15 is 0 Å². The van der Waals surface area contributed by atoms with Crippen molar-refractivity contribution in [1.82, 2.24) is 4.90 Å². The zero-order valence-electron chi connectivity index (χ0n) is 10.5. The van der Waals surface area contributed by atoms with Gasteiger partial charge in [0, 0.05) is 26.2 Å². The van der Waals surface area contributed by atoms with Crippen LogP contribution in [0.4, 0.5) is 0 Å². The molecule has 0 spiro atoms. The van der Waals surface area contributed by atoms with Gasteiger partial charge in [-0.15, -0.1) is 0 Å². The number of nitrogens with zero attached hydrogens (tertiary/aromatic N) is 1. The highest BCUT2D eigenvalue weighted by Gasteiger charge is 2.34. The third-order valence-electron chi connectivity index (χ3n) is 3.99. The Morgan fingerprint density at radius 1 is 1.25 bits per heavy atom. The summed E-state index contributed by atoms with van der Waals surface area (Å²) in [7, 11) is 0. The molecule has 0 aromatic carbocycles. The number of ether oxygens (including phenoxy) is 1. The fourth-order valence-corrected chi connectivity index (χ4v) is 3.08. The largest absolute Gasteiger partial charge is 0.389 e. The molecule has 0 bridgehead atoms. The van der Waals surface area contributed by atoms with Gasteiger partial charge in [0.2, 0.25) is 0 Å². The molecule has 16 heavy (non-hydrogen) atoms. The van der Waals surface area contributed by atoms with Gasteiger partial charge in [0.1, 0.15) is 0 Å². The summed E-state index contributed by atoms with van der Waals surface area (Å²) >= 11 is 0. The minimum atomic E-state index is -0.377. The maximum atomic E-state index is 10.3. The van der Waals surface area contributed by atoms with Gasteiger partial charge in [0.25, 0.3) is 0 Å². The van der Waals surface area contributed by atoms with E-state index in [1.165, 1.54) is 12.8 Å². The predicted molar refractivity (Wildman–Crippen MR) is 64.5 cm³/mol. The SMILES string of the molecule is CCOC1CCN(CC2(O)CCCC2)CC1. The first-order valence-electron chi connectivity index (χ1n) is 6.78. The van der Waals surface area contributed by atoms with E-state index in [-0.39, 0.29) is 5.60 Å². The van der Waals surface area contributed by atoms with Crippen LogP contribution in [0.15, 0.2) is 0 Å². The number of piperidine rings is 1. The molecule has 94 valence electrons. The van der Waals surface area contributed by atoms with Crippen molar-refractivity contribution < 1.29 is 9.84 Å². The van der Waals surface area contributed by atoms with Crippen LogP contribution >= 0.6 is 0 Å². The van der Waals surface area contributed by atoms with Gasteiger partial charge in [-0.2, -0.15) is 0 Å². The molecule has 0 atom stereocenters. The molecule has 1 heterocycles. The molecule has 1 N–H and O–H groups in total. The van der Waals surface area contributed by atoms with Crippen molar-refractivity contribution in [2.24, 2.45) is 0 Å². The van der Waals surface area contributed by atoms with Gasteiger partial charge in [0.05, 0.1) is 11.7 Å². The molecule has 0 amide bonds. The summed E-state index contributed by atoms with van der Waals surface area (Å²) in [6.45, 7) is 5.95. The van der Waals surface area contributed by atoms with E-state index in [4.69, 9.17) is 4.74 Å². The van der Waals surface area contributed by atoms with E-state index in [2.05, 4.69) is 11.8 Å². The number of hydrogen-bond acceptors (Lipinski definition) is 3. The van der Waals surface area contributed by atoms with Crippen LogP contribution in [0.3, 0.4) is 0 Å². The molecule has 1 aliphatic heterocycles. The molecule has 0 radical (unpaired) electrons. The number of aliphatic hydroxyl groups is 1. The van der Waals surface area contributed by atoms with Crippen LogP contribution < -0.4 is 0 Å². The lowest BCUT2D eigenvalue weighted by molar-refractivity contribution is -0.0261. The van der Waals surface area contributed by atoms with E-state index in [1.54, 1.807) is 0 Å². The first-order valence-corrected chi connectivity index (χ1v) is 6.78. The smallest absolute Gasteiger partial charge is 0.0774 e. The lowest BCUT2D eigenvalue weighted by Gasteiger charge is -2.36. The molecule has 0 aromatic heterocycles. The van der Waals surface area contributed by atoms with E-state index in [0.29, 0.717) is 6.10 Å². The first-order chi connectivity index (χ1) is 7.72. The summed E-state index contributed by atoms with van der Waals surface area (Å²) in [5.74, 6) is 0. The number of rotatable bonds is 4. The maximum Gasteiger partial charge on any atom is 0.0774 e.